The molecule has 0 aliphatic carbocycles. The molecular weight excluding hydrogens is 244 g/mol. The molecule has 16 heavy (non-hydrogen) atoms. The fourth-order valence-corrected chi connectivity index (χ4v) is 2.27. The molecule has 0 unspecified atom stereocenters. The van der Waals surface area contributed by atoms with Crippen molar-refractivity contribution in [3.63, 3.8) is 0 Å². The summed E-state index contributed by atoms with van der Waals surface area (Å²) in [5.74, 6) is 1.62. The number of nitrogens with zero attached hydrogens (tertiary/aromatic N) is 3. The summed E-state index contributed by atoms with van der Waals surface area (Å²) >= 11 is 7.41. The number of thiophene rings is 1. The van der Waals surface area contributed by atoms with Gasteiger partial charge < -0.3 is 10.2 Å². The largest absolute Gasteiger partial charge is 0.373 e. The molecule has 0 saturated heterocycles. The fraction of sp³-hybridized carbons (Fsp3) is 0.200. The summed E-state index contributed by atoms with van der Waals surface area (Å²) in [5.41, 5.74) is 0. The Kier molecular flexibility index (Phi) is 3.26. The molecule has 0 radical (unpaired) electrons. The van der Waals surface area contributed by atoms with Gasteiger partial charge in [-0.25, -0.2) is 9.97 Å². The molecule has 0 saturated carbocycles. The molecule has 0 spiro atoms. The van der Waals surface area contributed by atoms with Gasteiger partial charge in [-0.05, 0) is 12.1 Å². The summed E-state index contributed by atoms with van der Waals surface area (Å²) in [6.45, 7) is 0. The molecule has 0 aliphatic rings. The van der Waals surface area contributed by atoms with E-state index in [1.807, 2.05) is 37.2 Å². The van der Waals surface area contributed by atoms with Crippen molar-refractivity contribution in [2.24, 2.45) is 0 Å². The summed E-state index contributed by atoms with van der Waals surface area (Å²) in [7, 11) is 3.78. The Morgan fingerprint density at radius 1 is 1.38 bits per heavy atom. The van der Waals surface area contributed by atoms with Crippen molar-refractivity contribution >= 4 is 39.6 Å². The molecule has 4 nitrogen and oxygen atoms in total. The Bertz CT molecular complexity index is 485. The van der Waals surface area contributed by atoms with Crippen LogP contribution in [0.4, 0.5) is 16.6 Å². The molecule has 2 rings (SSSR count). The second-order valence-electron chi connectivity index (χ2n) is 3.15. The lowest BCUT2D eigenvalue weighted by Crippen LogP contribution is -2.10. The van der Waals surface area contributed by atoms with Crippen molar-refractivity contribution in [1.29, 1.82) is 0 Å². The maximum atomic E-state index is 5.90. The third-order valence-electron chi connectivity index (χ3n) is 2.14. The monoisotopic (exact) mass is 254 g/mol. The van der Waals surface area contributed by atoms with Gasteiger partial charge in [0.05, 0.1) is 9.34 Å². The average Bonchev–Trinajstić information content (AvgIpc) is 2.75. The van der Waals surface area contributed by atoms with Gasteiger partial charge in [0.1, 0.15) is 18.0 Å². The Hall–Kier alpha value is -1.33. The second kappa shape index (κ2) is 4.67. The summed E-state index contributed by atoms with van der Waals surface area (Å²) < 4.78 is 0.768. The Morgan fingerprint density at radius 3 is 2.81 bits per heavy atom. The van der Waals surface area contributed by atoms with Gasteiger partial charge >= 0.3 is 0 Å². The van der Waals surface area contributed by atoms with Gasteiger partial charge in [-0.3, -0.25) is 0 Å². The highest BCUT2D eigenvalue weighted by Gasteiger charge is 2.08. The minimum absolute atomic E-state index is 0.768. The Labute approximate surface area is 103 Å². The average molecular weight is 255 g/mol. The zero-order valence-corrected chi connectivity index (χ0v) is 10.5. The van der Waals surface area contributed by atoms with Crippen molar-refractivity contribution in [2.75, 3.05) is 24.3 Å². The van der Waals surface area contributed by atoms with E-state index in [9.17, 15) is 0 Å². The number of hydrogen-bond donors (Lipinski definition) is 1. The van der Waals surface area contributed by atoms with Gasteiger partial charge in [0.2, 0.25) is 0 Å². The van der Waals surface area contributed by atoms with Gasteiger partial charge in [-0.2, -0.15) is 0 Å². The minimum atomic E-state index is 0.768. The quantitative estimate of drug-likeness (QED) is 0.914. The topological polar surface area (TPSA) is 41.0 Å². The molecule has 2 heterocycles. The molecule has 0 aromatic carbocycles. The molecule has 0 bridgehead atoms. The van der Waals surface area contributed by atoms with Crippen LogP contribution in [0.2, 0.25) is 4.34 Å². The van der Waals surface area contributed by atoms with Crippen LogP contribution in [0.25, 0.3) is 0 Å². The first-order chi connectivity index (χ1) is 7.70. The van der Waals surface area contributed by atoms with Crippen molar-refractivity contribution in [3.05, 3.63) is 28.9 Å². The van der Waals surface area contributed by atoms with Crippen LogP contribution >= 0.6 is 22.9 Å². The fourth-order valence-electron chi connectivity index (χ4n) is 1.27. The van der Waals surface area contributed by atoms with Crippen LogP contribution in [0.15, 0.2) is 24.5 Å². The molecule has 0 aliphatic heterocycles. The van der Waals surface area contributed by atoms with E-state index >= 15 is 0 Å². The van der Waals surface area contributed by atoms with Crippen LogP contribution in [0.5, 0.6) is 0 Å². The molecule has 0 atom stereocenters. The SMILES string of the molecule is CNc1cc(N(C)c2ccc(Cl)s2)ncn1. The predicted molar refractivity (Wildman–Crippen MR) is 69.0 cm³/mol. The number of halogens is 1. The third kappa shape index (κ3) is 2.25. The van der Waals surface area contributed by atoms with E-state index < -0.39 is 0 Å². The van der Waals surface area contributed by atoms with Gasteiger partial charge in [-0.15, -0.1) is 11.3 Å². The number of aromatic nitrogens is 2. The first-order valence-corrected chi connectivity index (χ1v) is 5.89. The van der Waals surface area contributed by atoms with E-state index in [1.165, 1.54) is 17.7 Å². The number of nitrogens with one attached hydrogen (secondary N) is 1. The minimum Gasteiger partial charge on any atom is -0.373 e. The molecule has 0 amide bonds. The van der Waals surface area contributed by atoms with Crippen LogP contribution in [0.1, 0.15) is 0 Å². The van der Waals surface area contributed by atoms with E-state index in [0.717, 1.165) is 21.0 Å². The normalized spacial score (nSPS) is 10.2. The zero-order chi connectivity index (χ0) is 11.5. The summed E-state index contributed by atoms with van der Waals surface area (Å²) in [5, 5.41) is 4.03. The van der Waals surface area contributed by atoms with Crippen molar-refractivity contribution < 1.29 is 0 Å². The number of rotatable bonds is 3. The van der Waals surface area contributed by atoms with Crippen molar-refractivity contribution in [3.8, 4) is 0 Å². The van der Waals surface area contributed by atoms with Crippen molar-refractivity contribution in [1.82, 2.24) is 9.97 Å². The van der Waals surface area contributed by atoms with Gasteiger partial charge in [0.25, 0.3) is 0 Å². The summed E-state index contributed by atoms with van der Waals surface area (Å²) in [6.07, 6.45) is 1.53. The van der Waals surface area contributed by atoms with Crippen LogP contribution in [-0.4, -0.2) is 24.1 Å². The molecule has 2 aromatic heterocycles. The molecule has 6 heteroatoms. The van der Waals surface area contributed by atoms with Crippen LogP contribution in [0, 0.1) is 0 Å². The first-order valence-electron chi connectivity index (χ1n) is 4.69. The molecular formula is C10H11ClN4S. The number of hydrogen-bond acceptors (Lipinski definition) is 5. The van der Waals surface area contributed by atoms with E-state index in [0.29, 0.717) is 0 Å². The highest BCUT2D eigenvalue weighted by Crippen LogP contribution is 2.32. The van der Waals surface area contributed by atoms with E-state index in [-0.39, 0.29) is 0 Å². The van der Waals surface area contributed by atoms with Gasteiger partial charge in [-0.1, -0.05) is 11.6 Å². The molecule has 1 N–H and O–H groups in total. The highest BCUT2D eigenvalue weighted by molar-refractivity contribution is 7.20. The van der Waals surface area contributed by atoms with E-state index in [1.54, 1.807) is 0 Å². The van der Waals surface area contributed by atoms with Gasteiger partial charge in [0, 0.05) is 20.2 Å². The third-order valence-corrected chi connectivity index (χ3v) is 3.45. The van der Waals surface area contributed by atoms with E-state index in [4.69, 9.17) is 11.6 Å². The predicted octanol–water partition coefficient (Wildman–Crippen LogP) is 3.00. The molecule has 0 fully saturated rings. The summed E-state index contributed by atoms with van der Waals surface area (Å²) in [4.78, 5) is 10.3. The lowest BCUT2D eigenvalue weighted by Gasteiger charge is -2.15. The van der Waals surface area contributed by atoms with Crippen LogP contribution in [0.3, 0.4) is 0 Å². The molecule has 2 aromatic rings. The standard InChI is InChI=1S/C10H11ClN4S/c1-12-8-5-9(14-6-13-8)15(2)10-4-3-7(11)16-10/h3-6H,1-2H3,(H,12,13,14). The number of anilines is 3. The van der Waals surface area contributed by atoms with Crippen molar-refractivity contribution in [2.45, 2.75) is 0 Å². The van der Waals surface area contributed by atoms with Crippen LogP contribution in [-0.2, 0) is 0 Å². The Balaban J connectivity index is 2.29. The second-order valence-corrected chi connectivity index (χ2v) is 4.84. The summed E-state index contributed by atoms with van der Waals surface area (Å²) in [6, 6.07) is 5.72. The van der Waals surface area contributed by atoms with E-state index in [2.05, 4.69) is 15.3 Å². The van der Waals surface area contributed by atoms with Gasteiger partial charge in [0.15, 0.2) is 0 Å². The van der Waals surface area contributed by atoms with Crippen LogP contribution < -0.4 is 10.2 Å². The molecule has 84 valence electrons. The zero-order valence-electron chi connectivity index (χ0n) is 8.94. The highest BCUT2D eigenvalue weighted by atomic mass is 35.5. The first kappa shape index (κ1) is 11.2. The lowest BCUT2D eigenvalue weighted by atomic mass is 10.4. The Morgan fingerprint density at radius 2 is 2.19 bits per heavy atom. The smallest absolute Gasteiger partial charge is 0.138 e. The maximum absolute atomic E-state index is 5.90. The lowest BCUT2D eigenvalue weighted by molar-refractivity contribution is 1.09. The maximum Gasteiger partial charge on any atom is 0.138 e.